The molecule has 0 aliphatic heterocycles. The number of benzene rings is 1. The van der Waals surface area contributed by atoms with Crippen molar-refractivity contribution in [3.63, 3.8) is 0 Å². The topological polar surface area (TPSA) is 109 Å². The number of amides is 1. The number of nitrogens with zero attached hydrogens (tertiary/aromatic N) is 3. The Morgan fingerprint density at radius 1 is 1.31 bits per heavy atom. The van der Waals surface area contributed by atoms with Crippen molar-refractivity contribution in [2.45, 2.75) is 39.8 Å². The molecule has 140 valence electrons. The van der Waals surface area contributed by atoms with Crippen LogP contribution in [0.25, 0.3) is 11.4 Å². The molecule has 0 bridgehead atoms. The van der Waals surface area contributed by atoms with Gasteiger partial charge in [0.15, 0.2) is 0 Å². The second-order valence-corrected chi connectivity index (χ2v) is 6.03. The molecule has 26 heavy (non-hydrogen) atoms. The van der Waals surface area contributed by atoms with Crippen LogP contribution in [0.3, 0.4) is 0 Å². The predicted molar refractivity (Wildman–Crippen MR) is 95.3 cm³/mol. The molecule has 8 heteroatoms. The van der Waals surface area contributed by atoms with Gasteiger partial charge in [0.05, 0.1) is 6.54 Å². The molecule has 0 saturated heterocycles. The van der Waals surface area contributed by atoms with E-state index < -0.39 is 12.0 Å². The molecule has 0 fully saturated rings. The lowest BCUT2D eigenvalue weighted by atomic mass is 10.1. The van der Waals surface area contributed by atoms with Crippen LogP contribution >= 0.6 is 0 Å². The fraction of sp³-hybridized carbons (Fsp3) is 0.444. The van der Waals surface area contributed by atoms with Gasteiger partial charge in [-0.15, -0.1) is 0 Å². The van der Waals surface area contributed by atoms with Gasteiger partial charge in [-0.05, 0) is 18.9 Å². The van der Waals surface area contributed by atoms with Crippen molar-refractivity contribution < 1.29 is 19.2 Å². The number of carboxylic acids is 1. The van der Waals surface area contributed by atoms with Crippen molar-refractivity contribution in [1.29, 1.82) is 0 Å². The van der Waals surface area contributed by atoms with Gasteiger partial charge in [0.2, 0.25) is 17.6 Å². The minimum Gasteiger partial charge on any atom is -0.480 e. The van der Waals surface area contributed by atoms with Crippen LogP contribution in [-0.2, 0) is 22.6 Å². The highest BCUT2D eigenvalue weighted by molar-refractivity contribution is 5.73. The first-order chi connectivity index (χ1) is 12.4. The smallest absolute Gasteiger partial charge is 0.320 e. The molecular formula is C18H24N4O4. The van der Waals surface area contributed by atoms with E-state index in [4.69, 9.17) is 4.52 Å². The molecule has 2 rings (SSSR count). The summed E-state index contributed by atoms with van der Waals surface area (Å²) in [5.74, 6) is -0.325. The lowest BCUT2D eigenvalue weighted by Gasteiger charge is -2.24. The Balaban J connectivity index is 2.08. The average molecular weight is 360 g/mol. The second-order valence-electron chi connectivity index (χ2n) is 6.03. The Hall–Kier alpha value is -2.74. The van der Waals surface area contributed by atoms with Crippen molar-refractivity contribution in [2.24, 2.45) is 0 Å². The molecule has 0 aliphatic carbocycles. The van der Waals surface area contributed by atoms with Crippen LogP contribution in [-0.4, -0.2) is 51.2 Å². The Morgan fingerprint density at radius 2 is 2.00 bits per heavy atom. The van der Waals surface area contributed by atoms with Crippen molar-refractivity contribution in [1.82, 2.24) is 20.4 Å². The number of aryl methyl sites for hydroxylation is 1. The fourth-order valence-electron chi connectivity index (χ4n) is 2.44. The molecule has 0 spiro atoms. The largest absolute Gasteiger partial charge is 0.480 e. The van der Waals surface area contributed by atoms with E-state index in [1.807, 2.05) is 24.3 Å². The zero-order valence-corrected chi connectivity index (χ0v) is 15.2. The molecule has 0 radical (unpaired) electrons. The number of nitrogens with one attached hydrogen (secondary N) is 1. The highest BCUT2D eigenvalue weighted by Gasteiger charge is 2.23. The number of hydrogen-bond acceptors (Lipinski definition) is 6. The molecule has 1 atom stereocenters. The monoisotopic (exact) mass is 360 g/mol. The summed E-state index contributed by atoms with van der Waals surface area (Å²) in [5, 5.41) is 15.9. The van der Waals surface area contributed by atoms with Crippen LogP contribution in [0.4, 0.5) is 0 Å². The first-order valence-electron chi connectivity index (χ1n) is 8.54. The summed E-state index contributed by atoms with van der Waals surface area (Å²) in [4.78, 5) is 28.3. The molecule has 0 aliphatic rings. The summed E-state index contributed by atoms with van der Waals surface area (Å²) >= 11 is 0. The summed E-state index contributed by atoms with van der Waals surface area (Å²) < 4.78 is 5.28. The summed E-state index contributed by atoms with van der Waals surface area (Å²) in [7, 11) is 0. The van der Waals surface area contributed by atoms with E-state index in [1.54, 1.807) is 11.8 Å². The number of rotatable bonds is 9. The zero-order chi connectivity index (χ0) is 19.1. The summed E-state index contributed by atoms with van der Waals surface area (Å²) in [6.45, 7) is 5.96. The number of carboxylic acid groups (broad SMARTS) is 1. The van der Waals surface area contributed by atoms with Gasteiger partial charge in [-0.1, -0.05) is 36.3 Å². The van der Waals surface area contributed by atoms with Gasteiger partial charge in [-0.2, -0.15) is 4.98 Å². The number of hydrogen-bond donors (Lipinski definition) is 2. The molecule has 2 N–H and O–H groups in total. The average Bonchev–Trinajstić information content (AvgIpc) is 3.08. The van der Waals surface area contributed by atoms with Crippen molar-refractivity contribution >= 4 is 11.9 Å². The fourth-order valence-corrected chi connectivity index (χ4v) is 2.44. The summed E-state index contributed by atoms with van der Waals surface area (Å²) in [5.41, 5.74) is 2.06. The highest BCUT2D eigenvalue weighted by Crippen LogP contribution is 2.18. The standard InChI is InChI=1S/C18H24N4O4/c1-4-14-5-7-15(8-6-14)17-20-16(26-21-17)11-22(12(2)18(24)25)10-9-19-13(3)23/h5-8,12H,4,9-11H2,1-3H3,(H,19,23)(H,24,25). The predicted octanol–water partition coefficient (Wildman–Crippen LogP) is 1.71. The Labute approximate surface area is 152 Å². The Bertz CT molecular complexity index is 742. The van der Waals surface area contributed by atoms with Crippen LogP contribution in [0, 0.1) is 0 Å². The van der Waals surface area contributed by atoms with Gasteiger partial charge in [0.1, 0.15) is 6.04 Å². The minimum atomic E-state index is -0.956. The molecule has 1 amide bonds. The van der Waals surface area contributed by atoms with Crippen LogP contribution in [0.1, 0.15) is 32.2 Å². The van der Waals surface area contributed by atoms with Crippen LogP contribution in [0.15, 0.2) is 28.8 Å². The maximum atomic E-state index is 11.3. The van der Waals surface area contributed by atoms with Crippen molar-refractivity contribution in [3.05, 3.63) is 35.7 Å². The summed E-state index contributed by atoms with van der Waals surface area (Å²) in [6.07, 6.45) is 0.952. The lowest BCUT2D eigenvalue weighted by molar-refractivity contribution is -0.142. The molecule has 1 unspecified atom stereocenters. The second kappa shape index (κ2) is 9.10. The SMILES string of the molecule is CCc1ccc(-c2noc(CN(CCNC(C)=O)C(C)C(=O)O)n2)cc1. The first kappa shape index (κ1) is 19.6. The number of carbonyl (C=O) groups excluding carboxylic acids is 1. The van der Waals surface area contributed by atoms with Crippen LogP contribution in [0.2, 0.25) is 0 Å². The van der Waals surface area contributed by atoms with E-state index >= 15 is 0 Å². The van der Waals surface area contributed by atoms with E-state index in [9.17, 15) is 14.7 Å². The van der Waals surface area contributed by atoms with Gasteiger partial charge in [-0.3, -0.25) is 14.5 Å². The Kier molecular flexibility index (Phi) is 6.85. The quantitative estimate of drug-likeness (QED) is 0.701. The maximum Gasteiger partial charge on any atom is 0.320 e. The summed E-state index contributed by atoms with van der Waals surface area (Å²) in [6, 6.07) is 7.14. The van der Waals surface area contributed by atoms with Gasteiger partial charge < -0.3 is 14.9 Å². The van der Waals surface area contributed by atoms with Gasteiger partial charge in [0, 0.05) is 25.6 Å². The zero-order valence-electron chi connectivity index (χ0n) is 15.2. The third-order valence-electron chi connectivity index (χ3n) is 4.10. The molecule has 2 aromatic rings. The molecule has 0 saturated carbocycles. The third-order valence-corrected chi connectivity index (χ3v) is 4.10. The molecular weight excluding hydrogens is 336 g/mol. The number of aromatic nitrogens is 2. The van der Waals surface area contributed by atoms with Crippen molar-refractivity contribution in [3.8, 4) is 11.4 Å². The van der Waals surface area contributed by atoms with Gasteiger partial charge in [-0.25, -0.2) is 0 Å². The first-order valence-corrected chi connectivity index (χ1v) is 8.54. The van der Waals surface area contributed by atoms with Gasteiger partial charge >= 0.3 is 5.97 Å². The van der Waals surface area contributed by atoms with E-state index in [1.165, 1.54) is 12.5 Å². The van der Waals surface area contributed by atoms with Crippen LogP contribution < -0.4 is 5.32 Å². The third kappa shape index (κ3) is 5.38. The minimum absolute atomic E-state index is 0.163. The van der Waals surface area contributed by atoms with E-state index in [-0.39, 0.29) is 12.5 Å². The van der Waals surface area contributed by atoms with E-state index in [0.717, 1.165) is 12.0 Å². The molecule has 8 nitrogen and oxygen atoms in total. The lowest BCUT2D eigenvalue weighted by Crippen LogP contribution is -2.42. The molecule has 1 aromatic heterocycles. The maximum absolute atomic E-state index is 11.3. The van der Waals surface area contributed by atoms with E-state index in [0.29, 0.717) is 24.8 Å². The number of carbonyl (C=O) groups is 2. The molecule has 1 aromatic carbocycles. The van der Waals surface area contributed by atoms with E-state index in [2.05, 4.69) is 22.4 Å². The van der Waals surface area contributed by atoms with Gasteiger partial charge in [0.25, 0.3) is 0 Å². The Morgan fingerprint density at radius 3 is 2.58 bits per heavy atom. The highest BCUT2D eigenvalue weighted by atomic mass is 16.5. The van der Waals surface area contributed by atoms with Crippen LogP contribution in [0.5, 0.6) is 0 Å². The normalized spacial score (nSPS) is 12.2. The van der Waals surface area contributed by atoms with Crippen molar-refractivity contribution in [2.75, 3.05) is 13.1 Å². The number of aliphatic carboxylic acids is 1. The molecule has 1 heterocycles.